The van der Waals surface area contributed by atoms with E-state index in [0.717, 1.165) is 42.2 Å². The highest BCUT2D eigenvalue weighted by Gasteiger charge is 2.22. The van der Waals surface area contributed by atoms with Gasteiger partial charge in [-0.15, -0.1) is 0 Å². The summed E-state index contributed by atoms with van der Waals surface area (Å²) in [4.78, 5) is 16.7. The van der Waals surface area contributed by atoms with E-state index in [9.17, 15) is 4.79 Å². The molecule has 7 heteroatoms. The molecule has 1 heterocycles. The predicted octanol–water partition coefficient (Wildman–Crippen LogP) is 4.66. The lowest BCUT2D eigenvalue weighted by Crippen LogP contribution is -2.49. The number of rotatable bonds is 4. The van der Waals surface area contributed by atoms with Crippen molar-refractivity contribution in [1.29, 1.82) is 0 Å². The number of hydrogen-bond donors (Lipinski definition) is 1. The van der Waals surface area contributed by atoms with Crippen LogP contribution in [0.4, 0.5) is 10.5 Å². The third-order valence-electron chi connectivity index (χ3n) is 4.74. The second kappa shape index (κ2) is 8.83. The molecule has 1 fully saturated rings. The summed E-state index contributed by atoms with van der Waals surface area (Å²) in [7, 11) is 1.66. The third-order valence-corrected chi connectivity index (χ3v) is 5.21. The monoisotopic (exact) mass is 407 g/mol. The van der Waals surface area contributed by atoms with E-state index < -0.39 is 0 Å². The maximum atomic E-state index is 12.6. The van der Waals surface area contributed by atoms with Crippen molar-refractivity contribution in [3.05, 3.63) is 57.6 Å². The highest BCUT2D eigenvalue weighted by Crippen LogP contribution is 2.25. The molecule has 0 spiro atoms. The zero-order valence-corrected chi connectivity index (χ0v) is 17.0. The topological polar surface area (TPSA) is 44.8 Å². The summed E-state index contributed by atoms with van der Waals surface area (Å²) in [5, 5.41) is 4.26. The maximum Gasteiger partial charge on any atom is 0.321 e. The number of methoxy groups -OCH3 is 1. The summed E-state index contributed by atoms with van der Waals surface area (Å²) in [5.41, 5.74) is 2.79. The third kappa shape index (κ3) is 5.06. The SMILES string of the molecule is COc1ccc(Cl)cc1CN1CCN(C(=O)Nc2cc(Cl)ccc2C)CC1. The van der Waals surface area contributed by atoms with Gasteiger partial charge in [-0.3, -0.25) is 4.90 Å². The van der Waals surface area contributed by atoms with Crippen LogP contribution < -0.4 is 10.1 Å². The van der Waals surface area contributed by atoms with Gasteiger partial charge >= 0.3 is 6.03 Å². The normalized spacial score (nSPS) is 14.9. The van der Waals surface area contributed by atoms with Gasteiger partial charge in [-0.05, 0) is 42.8 Å². The molecule has 0 aromatic heterocycles. The summed E-state index contributed by atoms with van der Waals surface area (Å²) in [5.74, 6) is 0.830. The first-order chi connectivity index (χ1) is 13.0. The van der Waals surface area contributed by atoms with Gasteiger partial charge in [-0.2, -0.15) is 0 Å². The van der Waals surface area contributed by atoms with Crippen molar-refractivity contribution < 1.29 is 9.53 Å². The molecule has 0 radical (unpaired) electrons. The minimum absolute atomic E-state index is 0.0969. The molecule has 1 aliphatic rings. The minimum atomic E-state index is -0.0969. The number of urea groups is 1. The lowest BCUT2D eigenvalue weighted by atomic mass is 10.1. The molecular weight excluding hydrogens is 385 g/mol. The second-order valence-corrected chi connectivity index (χ2v) is 7.48. The minimum Gasteiger partial charge on any atom is -0.496 e. The molecule has 0 bridgehead atoms. The zero-order valence-electron chi connectivity index (χ0n) is 15.5. The van der Waals surface area contributed by atoms with E-state index in [1.807, 2.05) is 42.2 Å². The Morgan fingerprint density at radius 2 is 1.74 bits per heavy atom. The van der Waals surface area contributed by atoms with Crippen LogP contribution in [0.2, 0.25) is 10.0 Å². The first kappa shape index (κ1) is 19.8. The van der Waals surface area contributed by atoms with Gasteiger partial charge in [0.15, 0.2) is 0 Å². The number of ether oxygens (including phenoxy) is 1. The van der Waals surface area contributed by atoms with Crippen molar-refractivity contribution in [3.8, 4) is 5.75 Å². The van der Waals surface area contributed by atoms with Crippen molar-refractivity contribution in [1.82, 2.24) is 9.80 Å². The Balaban J connectivity index is 1.56. The number of carbonyl (C=O) groups is 1. The smallest absolute Gasteiger partial charge is 0.321 e. The first-order valence-electron chi connectivity index (χ1n) is 8.83. The van der Waals surface area contributed by atoms with Gasteiger partial charge in [0.05, 0.1) is 7.11 Å². The Morgan fingerprint density at radius 3 is 2.44 bits per heavy atom. The van der Waals surface area contributed by atoms with E-state index in [0.29, 0.717) is 23.1 Å². The van der Waals surface area contributed by atoms with Crippen LogP contribution >= 0.6 is 23.2 Å². The quantitative estimate of drug-likeness (QED) is 0.801. The van der Waals surface area contributed by atoms with E-state index in [-0.39, 0.29) is 6.03 Å². The molecule has 144 valence electrons. The first-order valence-corrected chi connectivity index (χ1v) is 9.58. The number of piperazine rings is 1. The molecule has 0 atom stereocenters. The van der Waals surface area contributed by atoms with E-state index in [2.05, 4.69) is 10.2 Å². The largest absolute Gasteiger partial charge is 0.496 e. The molecule has 2 aromatic carbocycles. The average molecular weight is 408 g/mol. The molecule has 1 aliphatic heterocycles. The highest BCUT2D eigenvalue weighted by molar-refractivity contribution is 6.31. The summed E-state index contributed by atoms with van der Waals surface area (Å²) in [6.45, 7) is 5.59. The van der Waals surface area contributed by atoms with E-state index in [4.69, 9.17) is 27.9 Å². The molecular formula is C20H23Cl2N3O2. The lowest BCUT2D eigenvalue weighted by Gasteiger charge is -2.35. The van der Waals surface area contributed by atoms with Crippen molar-refractivity contribution in [2.45, 2.75) is 13.5 Å². The fourth-order valence-electron chi connectivity index (χ4n) is 3.14. The molecule has 3 rings (SSSR count). The van der Waals surface area contributed by atoms with Gasteiger partial charge in [-0.1, -0.05) is 29.3 Å². The second-order valence-electron chi connectivity index (χ2n) is 6.61. The molecule has 1 saturated heterocycles. The van der Waals surface area contributed by atoms with Crippen LogP contribution in [0.3, 0.4) is 0 Å². The highest BCUT2D eigenvalue weighted by atomic mass is 35.5. The number of benzene rings is 2. The summed E-state index contributed by atoms with van der Waals surface area (Å²) < 4.78 is 5.42. The summed E-state index contributed by atoms with van der Waals surface area (Å²) in [6.07, 6.45) is 0. The van der Waals surface area contributed by atoms with Crippen LogP contribution in [-0.2, 0) is 6.54 Å². The van der Waals surface area contributed by atoms with Crippen molar-refractivity contribution in [2.75, 3.05) is 38.6 Å². The van der Waals surface area contributed by atoms with Gasteiger partial charge < -0.3 is 15.0 Å². The van der Waals surface area contributed by atoms with Crippen LogP contribution in [0.15, 0.2) is 36.4 Å². The van der Waals surface area contributed by atoms with Crippen LogP contribution in [0, 0.1) is 6.92 Å². The van der Waals surface area contributed by atoms with Gasteiger partial charge in [0, 0.05) is 54.0 Å². The fourth-order valence-corrected chi connectivity index (χ4v) is 3.51. The molecule has 2 amide bonds. The number of amides is 2. The van der Waals surface area contributed by atoms with Crippen LogP contribution in [-0.4, -0.2) is 49.1 Å². The van der Waals surface area contributed by atoms with Crippen molar-refractivity contribution >= 4 is 34.9 Å². The lowest BCUT2D eigenvalue weighted by molar-refractivity contribution is 0.142. The Labute approximate surface area is 169 Å². The maximum absolute atomic E-state index is 12.6. The van der Waals surface area contributed by atoms with Crippen molar-refractivity contribution in [3.63, 3.8) is 0 Å². The van der Waals surface area contributed by atoms with Gasteiger partial charge in [0.1, 0.15) is 5.75 Å². The van der Waals surface area contributed by atoms with Gasteiger partial charge in [-0.25, -0.2) is 4.79 Å². The number of nitrogens with zero attached hydrogens (tertiary/aromatic N) is 2. The van der Waals surface area contributed by atoms with Crippen LogP contribution in [0.5, 0.6) is 5.75 Å². The molecule has 0 aliphatic carbocycles. The Hall–Kier alpha value is -1.95. The predicted molar refractivity (Wildman–Crippen MR) is 110 cm³/mol. The number of anilines is 1. The number of aryl methyl sites for hydroxylation is 1. The molecule has 5 nitrogen and oxygen atoms in total. The number of halogens is 2. The molecule has 1 N–H and O–H groups in total. The van der Waals surface area contributed by atoms with E-state index in [1.165, 1.54) is 0 Å². The molecule has 0 unspecified atom stereocenters. The Bertz CT molecular complexity index is 821. The average Bonchev–Trinajstić information content (AvgIpc) is 2.65. The fraction of sp³-hybridized carbons (Fsp3) is 0.350. The molecule has 27 heavy (non-hydrogen) atoms. The van der Waals surface area contributed by atoms with Gasteiger partial charge in [0.2, 0.25) is 0 Å². The Morgan fingerprint density at radius 1 is 1.07 bits per heavy atom. The number of hydrogen-bond acceptors (Lipinski definition) is 3. The molecule has 2 aromatic rings. The van der Waals surface area contributed by atoms with Crippen molar-refractivity contribution in [2.24, 2.45) is 0 Å². The van der Waals surface area contributed by atoms with Crippen LogP contribution in [0.25, 0.3) is 0 Å². The number of carbonyl (C=O) groups excluding carboxylic acids is 1. The molecule has 0 saturated carbocycles. The Kier molecular flexibility index (Phi) is 6.47. The van der Waals surface area contributed by atoms with Gasteiger partial charge in [0.25, 0.3) is 0 Å². The zero-order chi connectivity index (χ0) is 19.4. The summed E-state index contributed by atoms with van der Waals surface area (Å²) >= 11 is 12.1. The van der Waals surface area contributed by atoms with E-state index >= 15 is 0 Å². The summed E-state index contributed by atoms with van der Waals surface area (Å²) in [6, 6.07) is 11.0. The van der Waals surface area contributed by atoms with Crippen LogP contribution in [0.1, 0.15) is 11.1 Å². The number of nitrogens with one attached hydrogen (secondary N) is 1. The van der Waals surface area contributed by atoms with E-state index in [1.54, 1.807) is 13.2 Å². The standard InChI is InChI=1S/C20H23Cl2N3O2/c1-14-3-4-17(22)12-18(14)23-20(26)25-9-7-24(8-10-25)13-15-11-16(21)5-6-19(15)27-2/h3-6,11-12H,7-10,13H2,1-2H3,(H,23,26).